The van der Waals surface area contributed by atoms with Gasteiger partial charge >= 0.3 is 0 Å². The topological polar surface area (TPSA) is 96.0 Å². The zero-order valence-electron chi connectivity index (χ0n) is 21.2. The number of amides is 2. The second-order valence-corrected chi connectivity index (χ2v) is 11.9. The van der Waals surface area contributed by atoms with Crippen LogP contribution in [-0.2, 0) is 26.2 Å². The van der Waals surface area contributed by atoms with Gasteiger partial charge in [-0.15, -0.1) is 0 Å². The lowest BCUT2D eigenvalue weighted by Crippen LogP contribution is -2.53. The summed E-state index contributed by atoms with van der Waals surface area (Å²) in [4.78, 5) is 28.5. The molecule has 0 saturated heterocycles. The van der Waals surface area contributed by atoms with Crippen molar-refractivity contribution < 1.29 is 22.7 Å². The van der Waals surface area contributed by atoms with E-state index in [0.717, 1.165) is 41.8 Å². The molecule has 0 radical (unpaired) electrons. The number of carbonyl (C=O) groups excluding carboxylic acids is 2. The van der Waals surface area contributed by atoms with Crippen LogP contribution < -0.4 is 14.4 Å². The van der Waals surface area contributed by atoms with E-state index in [9.17, 15) is 18.0 Å². The molecule has 0 spiro atoms. The van der Waals surface area contributed by atoms with Gasteiger partial charge in [0.05, 0.1) is 24.1 Å². The predicted molar refractivity (Wildman–Crippen MR) is 147 cm³/mol. The Morgan fingerprint density at radius 3 is 2.32 bits per heavy atom. The number of benzene rings is 2. The maximum Gasteiger partial charge on any atom is 0.244 e. The smallest absolute Gasteiger partial charge is 0.244 e. The van der Waals surface area contributed by atoms with Gasteiger partial charge in [-0.25, -0.2) is 8.42 Å². The summed E-state index contributed by atoms with van der Waals surface area (Å²) in [5.74, 6) is -0.125. The Morgan fingerprint density at radius 1 is 1.11 bits per heavy atom. The Bertz CT molecular complexity index is 1200. The molecule has 0 bridgehead atoms. The van der Waals surface area contributed by atoms with Gasteiger partial charge in [0.15, 0.2) is 0 Å². The fourth-order valence-corrected chi connectivity index (χ4v) is 5.78. The van der Waals surface area contributed by atoms with Crippen LogP contribution in [0, 0.1) is 0 Å². The van der Waals surface area contributed by atoms with Gasteiger partial charge in [-0.3, -0.25) is 13.9 Å². The van der Waals surface area contributed by atoms with Crippen LogP contribution in [0.5, 0.6) is 5.75 Å². The first-order chi connectivity index (χ1) is 17.5. The SMILES string of the molecule is CC[C@H](C(=O)NC1CCCC1)N(Cc1ccc(OC)cc1)C(=O)CN(c1cc(Cl)ccc1Cl)S(C)(=O)=O. The number of halogens is 2. The highest BCUT2D eigenvalue weighted by atomic mass is 35.5. The summed E-state index contributed by atoms with van der Waals surface area (Å²) in [7, 11) is -2.35. The Morgan fingerprint density at radius 2 is 1.76 bits per heavy atom. The number of rotatable bonds is 11. The molecule has 2 amide bonds. The molecule has 11 heteroatoms. The Hall–Kier alpha value is -2.49. The number of ether oxygens (including phenoxy) is 1. The van der Waals surface area contributed by atoms with Crippen LogP contribution >= 0.6 is 23.2 Å². The molecule has 1 aliphatic carbocycles. The Balaban J connectivity index is 1.94. The molecule has 202 valence electrons. The van der Waals surface area contributed by atoms with Crippen molar-refractivity contribution in [1.82, 2.24) is 10.2 Å². The Labute approximate surface area is 228 Å². The molecule has 8 nitrogen and oxygen atoms in total. The van der Waals surface area contributed by atoms with Crippen LogP contribution in [0.2, 0.25) is 10.0 Å². The Kier molecular flexibility index (Phi) is 10.1. The number of carbonyl (C=O) groups is 2. The molecular weight excluding hydrogens is 537 g/mol. The molecule has 1 atom stereocenters. The first-order valence-electron chi connectivity index (χ1n) is 12.2. The van der Waals surface area contributed by atoms with E-state index in [-0.39, 0.29) is 34.2 Å². The summed E-state index contributed by atoms with van der Waals surface area (Å²) >= 11 is 12.4. The number of nitrogens with zero attached hydrogens (tertiary/aromatic N) is 2. The molecule has 37 heavy (non-hydrogen) atoms. The maximum absolute atomic E-state index is 13.8. The van der Waals surface area contributed by atoms with E-state index in [1.165, 1.54) is 23.1 Å². The molecule has 2 aromatic rings. The first kappa shape index (κ1) is 29.1. The number of hydrogen-bond donors (Lipinski definition) is 1. The van der Waals surface area contributed by atoms with Gasteiger partial charge in [0.1, 0.15) is 18.3 Å². The van der Waals surface area contributed by atoms with Crippen molar-refractivity contribution in [2.24, 2.45) is 0 Å². The molecule has 1 saturated carbocycles. The van der Waals surface area contributed by atoms with Crippen molar-refractivity contribution >= 4 is 50.7 Å². The van der Waals surface area contributed by atoms with E-state index in [4.69, 9.17) is 27.9 Å². The monoisotopic (exact) mass is 569 g/mol. The minimum atomic E-state index is -3.91. The van der Waals surface area contributed by atoms with E-state index in [2.05, 4.69) is 5.32 Å². The zero-order chi connectivity index (χ0) is 27.2. The number of sulfonamides is 1. The highest BCUT2D eigenvalue weighted by Gasteiger charge is 2.33. The average Bonchev–Trinajstić information content (AvgIpc) is 3.36. The van der Waals surface area contributed by atoms with Crippen molar-refractivity contribution in [1.29, 1.82) is 0 Å². The third-order valence-corrected chi connectivity index (χ3v) is 8.14. The lowest BCUT2D eigenvalue weighted by Gasteiger charge is -2.33. The van der Waals surface area contributed by atoms with Crippen LogP contribution in [0.1, 0.15) is 44.6 Å². The predicted octanol–water partition coefficient (Wildman–Crippen LogP) is 4.63. The summed E-state index contributed by atoms with van der Waals surface area (Å²) in [5, 5.41) is 3.49. The van der Waals surface area contributed by atoms with Crippen molar-refractivity contribution in [2.45, 2.75) is 57.7 Å². The number of anilines is 1. The third kappa shape index (κ3) is 7.75. The van der Waals surface area contributed by atoms with Gasteiger partial charge in [0, 0.05) is 17.6 Å². The summed E-state index contributed by atoms with van der Waals surface area (Å²) in [6.07, 6.45) is 5.28. The standard InChI is InChI=1S/C26H33Cl2N3O5S/c1-4-23(26(33)29-20-7-5-6-8-20)30(16-18-9-12-21(36-2)13-10-18)25(32)17-31(37(3,34)35)24-15-19(27)11-14-22(24)28/h9-15,20,23H,4-8,16-17H2,1-3H3,(H,29,33)/t23-/m1/s1. The number of hydrogen-bond acceptors (Lipinski definition) is 5. The van der Waals surface area contributed by atoms with Crippen LogP contribution in [0.25, 0.3) is 0 Å². The van der Waals surface area contributed by atoms with Gasteiger partial charge in [-0.2, -0.15) is 0 Å². The van der Waals surface area contributed by atoms with Crippen LogP contribution in [0.4, 0.5) is 5.69 Å². The fraction of sp³-hybridized carbons (Fsp3) is 0.462. The molecule has 3 rings (SSSR count). The highest BCUT2D eigenvalue weighted by Crippen LogP contribution is 2.31. The quantitative estimate of drug-likeness (QED) is 0.425. The van der Waals surface area contributed by atoms with Crippen molar-refractivity contribution in [3.8, 4) is 5.75 Å². The highest BCUT2D eigenvalue weighted by molar-refractivity contribution is 7.92. The van der Waals surface area contributed by atoms with Gasteiger partial charge < -0.3 is 15.0 Å². The zero-order valence-corrected chi connectivity index (χ0v) is 23.6. The lowest BCUT2D eigenvalue weighted by atomic mass is 10.1. The van der Waals surface area contributed by atoms with Crippen LogP contribution in [0.3, 0.4) is 0 Å². The van der Waals surface area contributed by atoms with E-state index in [0.29, 0.717) is 12.2 Å². The molecule has 1 N–H and O–H groups in total. The molecule has 0 aromatic heterocycles. The molecule has 2 aromatic carbocycles. The van der Waals surface area contributed by atoms with Crippen LogP contribution in [0.15, 0.2) is 42.5 Å². The average molecular weight is 571 g/mol. The molecule has 1 aliphatic rings. The van der Waals surface area contributed by atoms with E-state index >= 15 is 0 Å². The van der Waals surface area contributed by atoms with Gasteiger partial charge in [0.2, 0.25) is 21.8 Å². The van der Waals surface area contributed by atoms with Crippen molar-refractivity contribution in [3.05, 3.63) is 58.1 Å². The fourth-order valence-electron chi connectivity index (χ4n) is 4.49. The lowest BCUT2D eigenvalue weighted by molar-refractivity contribution is -0.140. The van der Waals surface area contributed by atoms with Gasteiger partial charge in [-0.1, -0.05) is 55.1 Å². The summed E-state index contributed by atoms with van der Waals surface area (Å²) in [5.41, 5.74) is 0.867. The number of methoxy groups -OCH3 is 1. The molecular formula is C26H33Cl2N3O5S. The second kappa shape index (κ2) is 12.8. The van der Waals surface area contributed by atoms with E-state index in [1.54, 1.807) is 19.2 Å². The third-order valence-electron chi connectivity index (χ3n) is 6.46. The molecule has 1 fully saturated rings. The van der Waals surface area contributed by atoms with Gasteiger partial charge in [0.25, 0.3) is 0 Å². The van der Waals surface area contributed by atoms with Crippen LogP contribution in [-0.4, -0.2) is 57.1 Å². The molecule has 0 aliphatic heterocycles. The minimum Gasteiger partial charge on any atom is -0.497 e. The van der Waals surface area contributed by atoms with Crippen molar-refractivity contribution in [2.75, 3.05) is 24.2 Å². The molecule has 0 heterocycles. The minimum absolute atomic E-state index is 0.0808. The largest absolute Gasteiger partial charge is 0.497 e. The van der Waals surface area contributed by atoms with E-state index in [1.807, 2.05) is 19.1 Å². The first-order valence-corrected chi connectivity index (χ1v) is 14.8. The van der Waals surface area contributed by atoms with Crippen molar-refractivity contribution in [3.63, 3.8) is 0 Å². The molecule has 0 unspecified atom stereocenters. The number of nitrogens with one attached hydrogen (secondary N) is 1. The summed E-state index contributed by atoms with van der Waals surface area (Å²) in [6.45, 7) is 1.40. The summed E-state index contributed by atoms with van der Waals surface area (Å²) in [6, 6.07) is 10.9. The van der Waals surface area contributed by atoms with Gasteiger partial charge in [-0.05, 0) is 55.2 Å². The normalized spacial score (nSPS) is 14.7. The van der Waals surface area contributed by atoms with E-state index < -0.39 is 28.5 Å². The second-order valence-electron chi connectivity index (χ2n) is 9.15. The maximum atomic E-state index is 13.8. The summed E-state index contributed by atoms with van der Waals surface area (Å²) < 4.78 is 31.6.